The normalized spacial score (nSPS) is 14.0. The summed E-state index contributed by atoms with van der Waals surface area (Å²) in [6.07, 6.45) is 4.10. The van der Waals surface area contributed by atoms with E-state index in [4.69, 9.17) is 4.74 Å². The monoisotopic (exact) mass is 297 g/mol. The highest BCUT2D eigenvalue weighted by Gasteiger charge is 2.14. The first-order valence-electron chi connectivity index (χ1n) is 7.43. The van der Waals surface area contributed by atoms with E-state index in [0.29, 0.717) is 11.4 Å². The number of aromatic nitrogens is 1. The average molecular weight is 297 g/mol. The first kappa shape index (κ1) is 14.4. The lowest BCUT2D eigenvalue weighted by atomic mass is 10.2. The first-order chi connectivity index (χ1) is 10.8. The highest BCUT2D eigenvalue weighted by atomic mass is 16.5. The van der Waals surface area contributed by atoms with Crippen LogP contribution >= 0.6 is 0 Å². The summed E-state index contributed by atoms with van der Waals surface area (Å²) in [6.45, 7) is 2.22. The van der Waals surface area contributed by atoms with Crippen LogP contribution in [0, 0.1) is 0 Å². The van der Waals surface area contributed by atoms with E-state index in [-0.39, 0.29) is 5.91 Å². The van der Waals surface area contributed by atoms with Gasteiger partial charge in [0.1, 0.15) is 5.56 Å². The first-order valence-corrected chi connectivity index (χ1v) is 7.43. The molecule has 2 heterocycles. The van der Waals surface area contributed by atoms with E-state index >= 15 is 0 Å². The Morgan fingerprint density at radius 1 is 1.18 bits per heavy atom. The predicted molar refractivity (Wildman–Crippen MR) is 86.6 cm³/mol. The zero-order chi connectivity index (χ0) is 15.4. The third kappa shape index (κ3) is 3.03. The van der Waals surface area contributed by atoms with Gasteiger partial charge in [0.15, 0.2) is 0 Å². The zero-order valence-corrected chi connectivity index (χ0v) is 12.6. The second-order valence-corrected chi connectivity index (χ2v) is 5.26. The lowest BCUT2D eigenvalue weighted by Gasteiger charge is -2.17. The standard InChI is InChI=1S/C17H19N3O2/c1-22-17-15(5-4-10-18-17)16(21)19-13-6-8-14(9-7-13)20-11-2-3-12-20/h4-10H,2-3,11-12H2,1H3,(H,19,21). The Morgan fingerprint density at radius 2 is 1.91 bits per heavy atom. The molecule has 1 aromatic carbocycles. The van der Waals surface area contributed by atoms with Gasteiger partial charge in [0, 0.05) is 30.7 Å². The second-order valence-electron chi connectivity index (χ2n) is 5.26. The van der Waals surface area contributed by atoms with Crippen molar-refractivity contribution in [2.75, 3.05) is 30.4 Å². The van der Waals surface area contributed by atoms with E-state index < -0.39 is 0 Å². The molecule has 1 amide bonds. The Bertz CT molecular complexity index is 649. The molecule has 2 aromatic rings. The number of benzene rings is 1. The molecule has 1 saturated heterocycles. The molecule has 114 valence electrons. The molecule has 0 unspecified atom stereocenters. The molecule has 1 aromatic heterocycles. The van der Waals surface area contributed by atoms with Gasteiger partial charge in [0.25, 0.3) is 5.91 Å². The fraction of sp³-hybridized carbons (Fsp3) is 0.294. The third-order valence-corrected chi connectivity index (χ3v) is 3.81. The molecule has 5 nitrogen and oxygen atoms in total. The zero-order valence-electron chi connectivity index (χ0n) is 12.6. The summed E-state index contributed by atoms with van der Waals surface area (Å²) in [5.74, 6) is 0.104. The van der Waals surface area contributed by atoms with Gasteiger partial charge >= 0.3 is 0 Å². The van der Waals surface area contributed by atoms with Crippen molar-refractivity contribution in [2.45, 2.75) is 12.8 Å². The highest BCUT2D eigenvalue weighted by Crippen LogP contribution is 2.23. The molecule has 1 aliphatic heterocycles. The molecular formula is C17H19N3O2. The van der Waals surface area contributed by atoms with Crippen molar-refractivity contribution in [3.8, 4) is 5.88 Å². The molecule has 22 heavy (non-hydrogen) atoms. The lowest BCUT2D eigenvalue weighted by Crippen LogP contribution is -2.17. The summed E-state index contributed by atoms with van der Waals surface area (Å²) in [7, 11) is 1.50. The fourth-order valence-corrected chi connectivity index (χ4v) is 2.66. The second kappa shape index (κ2) is 6.47. The molecule has 0 aliphatic carbocycles. The van der Waals surface area contributed by atoms with Crippen molar-refractivity contribution in [1.29, 1.82) is 0 Å². The number of nitrogens with one attached hydrogen (secondary N) is 1. The number of hydrogen-bond donors (Lipinski definition) is 1. The molecule has 1 aliphatic rings. The minimum atomic E-state index is -0.223. The van der Waals surface area contributed by atoms with Crippen LogP contribution in [0.25, 0.3) is 0 Å². The van der Waals surface area contributed by atoms with Crippen molar-refractivity contribution >= 4 is 17.3 Å². The van der Waals surface area contributed by atoms with Crippen LogP contribution < -0.4 is 15.0 Å². The molecule has 0 atom stereocenters. The Hall–Kier alpha value is -2.56. The van der Waals surface area contributed by atoms with Crippen LogP contribution in [0.5, 0.6) is 5.88 Å². The number of amides is 1. The quantitative estimate of drug-likeness (QED) is 0.942. The van der Waals surface area contributed by atoms with Crippen LogP contribution in [0.3, 0.4) is 0 Å². The number of pyridine rings is 1. The highest BCUT2D eigenvalue weighted by molar-refractivity contribution is 6.05. The molecule has 0 bridgehead atoms. The summed E-state index contributed by atoms with van der Waals surface area (Å²) in [5, 5.41) is 2.87. The van der Waals surface area contributed by atoms with E-state index in [1.165, 1.54) is 25.6 Å². The van der Waals surface area contributed by atoms with Crippen LogP contribution in [0.1, 0.15) is 23.2 Å². The summed E-state index contributed by atoms with van der Waals surface area (Å²) in [5.41, 5.74) is 2.39. The molecular weight excluding hydrogens is 278 g/mol. The number of carbonyl (C=O) groups is 1. The predicted octanol–water partition coefficient (Wildman–Crippen LogP) is 2.94. The van der Waals surface area contributed by atoms with Crippen molar-refractivity contribution in [3.05, 3.63) is 48.2 Å². The smallest absolute Gasteiger partial charge is 0.261 e. The van der Waals surface area contributed by atoms with Gasteiger partial charge in [-0.3, -0.25) is 4.79 Å². The average Bonchev–Trinajstić information content (AvgIpc) is 3.10. The van der Waals surface area contributed by atoms with Crippen LogP contribution in [0.2, 0.25) is 0 Å². The molecule has 3 rings (SSSR count). The number of nitrogens with zero attached hydrogens (tertiary/aromatic N) is 2. The van der Waals surface area contributed by atoms with Crippen LogP contribution in [0.15, 0.2) is 42.6 Å². The topological polar surface area (TPSA) is 54.5 Å². The lowest BCUT2D eigenvalue weighted by molar-refractivity contribution is 0.102. The van der Waals surface area contributed by atoms with Crippen LogP contribution in [-0.4, -0.2) is 31.1 Å². The Morgan fingerprint density at radius 3 is 2.59 bits per heavy atom. The molecule has 0 spiro atoms. The van der Waals surface area contributed by atoms with Crippen LogP contribution in [-0.2, 0) is 0 Å². The molecule has 5 heteroatoms. The summed E-state index contributed by atoms with van der Waals surface area (Å²) < 4.78 is 5.11. The Labute approximate surface area is 129 Å². The maximum Gasteiger partial charge on any atom is 0.261 e. The van der Waals surface area contributed by atoms with Gasteiger partial charge < -0.3 is 15.0 Å². The van der Waals surface area contributed by atoms with Crippen LogP contribution in [0.4, 0.5) is 11.4 Å². The Balaban J connectivity index is 1.71. The van der Waals surface area contributed by atoms with Gasteiger partial charge in [-0.2, -0.15) is 0 Å². The largest absolute Gasteiger partial charge is 0.480 e. The van der Waals surface area contributed by atoms with Crippen molar-refractivity contribution < 1.29 is 9.53 Å². The SMILES string of the molecule is COc1ncccc1C(=O)Nc1ccc(N2CCCC2)cc1. The minimum Gasteiger partial charge on any atom is -0.480 e. The number of anilines is 2. The summed E-state index contributed by atoms with van der Waals surface area (Å²) >= 11 is 0. The van der Waals surface area contributed by atoms with E-state index in [1.54, 1.807) is 18.3 Å². The van der Waals surface area contributed by atoms with Gasteiger partial charge in [-0.05, 0) is 49.2 Å². The number of methoxy groups -OCH3 is 1. The van der Waals surface area contributed by atoms with Gasteiger partial charge in [0.2, 0.25) is 5.88 Å². The minimum absolute atomic E-state index is 0.223. The number of ether oxygens (including phenoxy) is 1. The van der Waals surface area contributed by atoms with Crippen molar-refractivity contribution in [1.82, 2.24) is 4.98 Å². The molecule has 1 N–H and O–H groups in total. The fourth-order valence-electron chi connectivity index (χ4n) is 2.66. The van der Waals surface area contributed by atoms with Gasteiger partial charge in [-0.1, -0.05) is 0 Å². The summed E-state index contributed by atoms with van der Waals surface area (Å²) in [4.78, 5) is 18.7. The van der Waals surface area contributed by atoms with E-state index in [9.17, 15) is 4.79 Å². The van der Waals surface area contributed by atoms with Crippen molar-refractivity contribution in [3.63, 3.8) is 0 Å². The number of rotatable bonds is 4. The van der Waals surface area contributed by atoms with E-state index in [1.807, 2.05) is 24.3 Å². The van der Waals surface area contributed by atoms with Crippen molar-refractivity contribution in [2.24, 2.45) is 0 Å². The molecule has 1 fully saturated rings. The van der Waals surface area contributed by atoms with Gasteiger partial charge in [-0.25, -0.2) is 4.98 Å². The Kier molecular flexibility index (Phi) is 4.23. The van der Waals surface area contributed by atoms with E-state index in [0.717, 1.165) is 18.8 Å². The maximum absolute atomic E-state index is 12.3. The number of hydrogen-bond acceptors (Lipinski definition) is 4. The number of carbonyl (C=O) groups excluding carboxylic acids is 1. The maximum atomic E-state index is 12.3. The van der Waals surface area contributed by atoms with Gasteiger partial charge in [-0.15, -0.1) is 0 Å². The molecule has 0 radical (unpaired) electrons. The van der Waals surface area contributed by atoms with Gasteiger partial charge in [0.05, 0.1) is 7.11 Å². The third-order valence-electron chi connectivity index (χ3n) is 3.81. The van der Waals surface area contributed by atoms with E-state index in [2.05, 4.69) is 15.2 Å². The molecule has 0 saturated carbocycles. The summed E-state index contributed by atoms with van der Waals surface area (Å²) in [6, 6.07) is 11.3.